The lowest BCUT2D eigenvalue weighted by molar-refractivity contribution is 0.324. The van der Waals surface area contributed by atoms with Crippen LogP contribution < -0.4 is 5.73 Å². The molecule has 0 radical (unpaired) electrons. The van der Waals surface area contributed by atoms with Crippen LogP contribution >= 0.6 is 0 Å². The van der Waals surface area contributed by atoms with Crippen LogP contribution in [0.4, 0.5) is 0 Å². The Balaban J connectivity index is 2.01. The van der Waals surface area contributed by atoms with Crippen molar-refractivity contribution in [2.24, 2.45) is 11.7 Å². The summed E-state index contributed by atoms with van der Waals surface area (Å²) in [5.74, 6) is 2.29. The molecule has 14 heavy (non-hydrogen) atoms. The summed E-state index contributed by atoms with van der Waals surface area (Å²) in [7, 11) is 0. The first kappa shape index (κ1) is 9.71. The molecule has 1 aliphatic rings. The third kappa shape index (κ3) is 1.98. The molecule has 0 atom stereocenters. The van der Waals surface area contributed by atoms with Gasteiger partial charge in [-0.05, 0) is 18.8 Å². The molecule has 1 aliphatic carbocycles. The molecule has 1 aromatic rings. The molecular formula is C11H18N2O. The van der Waals surface area contributed by atoms with Crippen LogP contribution in [0.15, 0.2) is 10.6 Å². The highest BCUT2D eigenvalue weighted by Gasteiger charge is 2.22. The summed E-state index contributed by atoms with van der Waals surface area (Å²) < 4.78 is 5.12. The fraction of sp³-hybridized carbons (Fsp3) is 0.727. The van der Waals surface area contributed by atoms with Gasteiger partial charge in [0.2, 0.25) is 0 Å². The molecular weight excluding hydrogens is 176 g/mol. The monoisotopic (exact) mass is 194 g/mol. The van der Waals surface area contributed by atoms with Gasteiger partial charge >= 0.3 is 0 Å². The topological polar surface area (TPSA) is 52.0 Å². The van der Waals surface area contributed by atoms with Crippen LogP contribution in [0.2, 0.25) is 0 Å². The lowest BCUT2D eigenvalue weighted by atomic mass is 9.81. The van der Waals surface area contributed by atoms with Crippen molar-refractivity contribution in [2.75, 3.05) is 0 Å². The fourth-order valence-electron chi connectivity index (χ4n) is 2.17. The van der Waals surface area contributed by atoms with Crippen LogP contribution in [0.5, 0.6) is 0 Å². The molecule has 2 rings (SSSR count). The van der Waals surface area contributed by atoms with Gasteiger partial charge in [0.25, 0.3) is 0 Å². The van der Waals surface area contributed by atoms with Gasteiger partial charge in [0.05, 0.1) is 12.2 Å². The predicted octanol–water partition coefficient (Wildman–Crippen LogP) is 2.43. The Morgan fingerprint density at radius 1 is 1.43 bits per heavy atom. The van der Waals surface area contributed by atoms with Crippen molar-refractivity contribution in [3.05, 3.63) is 17.5 Å². The van der Waals surface area contributed by atoms with Gasteiger partial charge in [0.1, 0.15) is 0 Å². The fourth-order valence-corrected chi connectivity index (χ4v) is 2.17. The molecule has 1 fully saturated rings. The highest BCUT2D eigenvalue weighted by atomic mass is 16.5. The molecule has 3 nitrogen and oxygen atoms in total. The average molecular weight is 194 g/mol. The van der Waals surface area contributed by atoms with Gasteiger partial charge in [0.15, 0.2) is 5.76 Å². The van der Waals surface area contributed by atoms with E-state index in [1.807, 2.05) is 6.07 Å². The second kappa shape index (κ2) is 4.13. The molecule has 0 unspecified atom stereocenters. The van der Waals surface area contributed by atoms with Crippen molar-refractivity contribution in [3.8, 4) is 0 Å². The van der Waals surface area contributed by atoms with E-state index in [-0.39, 0.29) is 0 Å². The van der Waals surface area contributed by atoms with E-state index in [9.17, 15) is 0 Å². The molecule has 0 aliphatic heterocycles. The first-order chi connectivity index (χ1) is 6.79. The summed E-state index contributed by atoms with van der Waals surface area (Å²) in [6.45, 7) is 2.78. The van der Waals surface area contributed by atoms with Crippen molar-refractivity contribution < 1.29 is 4.52 Å². The third-order valence-corrected chi connectivity index (χ3v) is 3.21. The highest BCUT2D eigenvalue weighted by molar-refractivity contribution is 5.11. The van der Waals surface area contributed by atoms with Crippen LogP contribution in [0.25, 0.3) is 0 Å². The van der Waals surface area contributed by atoms with Gasteiger partial charge in [-0.3, -0.25) is 0 Å². The number of aromatic nitrogens is 1. The summed E-state index contributed by atoms with van der Waals surface area (Å²) in [5, 5.41) is 4.08. The third-order valence-electron chi connectivity index (χ3n) is 3.21. The Labute approximate surface area is 84.7 Å². The van der Waals surface area contributed by atoms with Gasteiger partial charge in [-0.25, -0.2) is 0 Å². The van der Waals surface area contributed by atoms with Crippen molar-refractivity contribution >= 4 is 0 Å². The molecule has 0 saturated heterocycles. The average Bonchev–Trinajstić information content (AvgIpc) is 2.67. The number of hydrogen-bond acceptors (Lipinski definition) is 3. The molecule has 0 aromatic carbocycles. The van der Waals surface area contributed by atoms with Crippen LogP contribution in [0.1, 0.15) is 50.0 Å². The number of rotatable bonds is 2. The van der Waals surface area contributed by atoms with Gasteiger partial charge in [-0.2, -0.15) is 0 Å². The van der Waals surface area contributed by atoms with E-state index in [0.29, 0.717) is 12.5 Å². The summed E-state index contributed by atoms with van der Waals surface area (Å²) >= 11 is 0. The molecule has 1 heterocycles. The molecule has 1 aromatic heterocycles. The minimum atomic E-state index is 0.454. The van der Waals surface area contributed by atoms with E-state index in [4.69, 9.17) is 10.3 Å². The summed E-state index contributed by atoms with van der Waals surface area (Å²) in [6.07, 6.45) is 5.13. The maximum absolute atomic E-state index is 5.48. The predicted molar refractivity (Wildman–Crippen MR) is 54.8 cm³/mol. The standard InChI is InChI=1S/C11H18N2O/c1-8-2-4-9(5-3-8)11-6-10(7-12)14-13-11/h6,8-9H,2-5,7,12H2,1H3. The van der Waals surface area contributed by atoms with Gasteiger partial charge in [0, 0.05) is 12.0 Å². The second-order valence-corrected chi connectivity index (χ2v) is 4.38. The Hall–Kier alpha value is -0.830. The lowest BCUT2D eigenvalue weighted by Gasteiger charge is -2.24. The molecule has 3 heteroatoms. The zero-order valence-corrected chi connectivity index (χ0v) is 8.70. The van der Waals surface area contributed by atoms with Crippen LogP contribution in [0.3, 0.4) is 0 Å². The van der Waals surface area contributed by atoms with E-state index >= 15 is 0 Å². The number of nitrogens with two attached hydrogens (primary N) is 1. The first-order valence-electron chi connectivity index (χ1n) is 5.45. The van der Waals surface area contributed by atoms with E-state index < -0.39 is 0 Å². The second-order valence-electron chi connectivity index (χ2n) is 4.38. The Morgan fingerprint density at radius 2 is 2.14 bits per heavy atom. The minimum Gasteiger partial charge on any atom is -0.360 e. The van der Waals surface area contributed by atoms with Crippen molar-refractivity contribution in [1.29, 1.82) is 0 Å². The first-order valence-corrected chi connectivity index (χ1v) is 5.45. The lowest BCUT2D eigenvalue weighted by Crippen LogP contribution is -2.10. The van der Waals surface area contributed by atoms with E-state index in [1.165, 1.54) is 25.7 Å². The SMILES string of the molecule is CC1CCC(c2cc(CN)on2)CC1. The minimum absolute atomic E-state index is 0.454. The van der Waals surface area contributed by atoms with Crippen molar-refractivity contribution in [3.63, 3.8) is 0 Å². The summed E-state index contributed by atoms with van der Waals surface area (Å²) in [4.78, 5) is 0. The Kier molecular flexibility index (Phi) is 2.87. The van der Waals surface area contributed by atoms with Crippen molar-refractivity contribution in [2.45, 2.75) is 45.1 Å². The van der Waals surface area contributed by atoms with Crippen LogP contribution in [-0.2, 0) is 6.54 Å². The van der Waals surface area contributed by atoms with Crippen molar-refractivity contribution in [1.82, 2.24) is 5.16 Å². The molecule has 78 valence electrons. The van der Waals surface area contributed by atoms with Gasteiger partial charge < -0.3 is 10.3 Å². The molecule has 0 amide bonds. The van der Waals surface area contributed by atoms with Gasteiger partial charge in [-0.1, -0.05) is 24.9 Å². The summed E-state index contributed by atoms with van der Waals surface area (Å²) in [6, 6.07) is 2.01. The molecule has 0 spiro atoms. The van der Waals surface area contributed by atoms with Crippen LogP contribution in [0, 0.1) is 5.92 Å². The van der Waals surface area contributed by atoms with E-state index in [1.54, 1.807) is 0 Å². The van der Waals surface area contributed by atoms with Crippen LogP contribution in [-0.4, -0.2) is 5.16 Å². The zero-order valence-electron chi connectivity index (χ0n) is 8.70. The molecule has 2 N–H and O–H groups in total. The molecule has 1 saturated carbocycles. The zero-order chi connectivity index (χ0) is 9.97. The van der Waals surface area contributed by atoms with Gasteiger partial charge in [-0.15, -0.1) is 0 Å². The largest absolute Gasteiger partial charge is 0.360 e. The maximum atomic E-state index is 5.48. The van der Waals surface area contributed by atoms with E-state index in [0.717, 1.165) is 17.4 Å². The quantitative estimate of drug-likeness (QED) is 0.786. The highest BCUT2D eigenvalue weighted by Crippen LogP contribution is 2.34. The smallest absolute Gasteiger partial charge is 0.150 e. The maximum Gasteiger partial charge on any atom is 0.150 e. The van der Waals surface area contributed by atoms with E-state index in [2.05, 4.69) is 12.1 Å². The Morgan fingerprint density at radius 3 is 2.71 bits per heavy atom. The Bertz CT molecular complexity index is 287. The normalized spacial score (nSPS) is 27.9. The number of hydrogen-bond donors (Lipinski definition) is 1. The molecule has 0 bridgehead atoms. The number of nitrogens with zero attached hydrogens (tertiary/aromatic N) is 1. The summed E-state index contributed by atoms with van der Waals surface area (Å²) in [5.41, 5.74) is 6.59.